The molecule has 1 nitrogen and oxygen atoms in total. The number of benzene rings is 2. The van der Waals surface area contributed by atoms with Gasteiger partial charge in [0.15, 0.2) is 0 Å². The van der Waals surface area contributed by atoms with Crippen molar-refractivity contribution in [3.05, 3.63) is 69.0 Å². The molecule has 2 aromatic rings. The van der Waals surface area contributed by atoms with E-state index in [0.717, 1.165) is 18.5 Å². The van der Waals surface area contributed by atoms with E-state index < -0.39 is 0 Å². The number of rotatable bonds is 5. The fraction of sp³-hybridized carbons (Fsp3) is 0.250. The van der Waals surface area contributed by atoms with E-state index in [4.69, 9.17) is 0 Å². The molecule has 0 saturated carbocycles. The predicted octanol–water partition coefficient (Wildman–Crippen LogP) is 4.32. The Balaban J connectivity index is 2.21. The van der Waals surface area contributed by atoms with Crippen LogP contribution in [-0.2, 0) is 6.42 Å². The molecule has 0 aliphatic carbocycles. The van der Waals surface area contributed by atoms with Gasteiger partial charge < -0.3 is 5.32 Å². The Morgan fingerprint density at radius 3 is 2.63 bits per heavy atom. The molecule has 0 aliphatic heterocycles. The van der Waals surface area contributed by atoms with Gasteiger partial charge >= 0.3 is 0 Å². The second kappa shape index (κ2) is 7.01. The average Bonchev–Trinajstić information content (AvgIpc) is 2.38. The van der Waals surface area contributed by atoms with Crippen LogP contribution in [0.1, 0.15) is 24.1 Å². The molecule has 0 radical (unpaired) electrons. The smallest absolute Gasteiger partial charge is 0.123 e. The largest absolute Gasteiger partial charge is 0.310 e. The molecule has 0 fully saturated rings. The summed E-state index contributed by atoms with van der Waals surface area (Å²) in [6.07, 6.45) is 0.797. The normalized spacial score (nSPS) is 12.4. The minimum Gasteiger partial charge on any atom is -0.310 e. The van der Waals surface area contributed by atoms with Crippen LogP contribution in [0.4, 0.5) is 4.39 Å². The summed E-state index contributed by atoms with van der Waals surface area (Å²) in [5.41, 5.74) is 2.27. The van der Waals surface area contributed by atoms with Crippen molar-refractivity contribution in [1.82, 2.24) is 5.32 Å². The maximum Gasteiger partial charge on any atom is 0.123 e. The van der Waals surface area contributed by atoms with Gasteiger partial charge in [-0.15, -0.1) is 0 Å². The zero-order valence-electron chi connectivity index (χ0n) is 10.9. The molecule has 2 aromatic carbocycles. The van der Waals surface area contributed by atoms with E-state index in [2.05, 4.69) is 59.1 Å². The fourth-order valence-electron chi connectivity index (χ4n) is 2.18. The molecule has 0 saturated heterocycles. The van der Waals surface area contributed by atoms with Crippen molar-refractivity contribution >= 4 is 22.6 Å². The maximum atomic E-state index is 13.2. The molecule has 2 rings (SSSR count). The molecule has 0 aliphatic rings. The zero-order chi connectivity index (χ0) is 13.7. The molecule has 0 spiro atoms. The third-order valence-electron chi connectivity index (χ3n) is 3.03. The van der Waals surface area contributed by atoms with Crippen LogP contribution in [0.5, 0.6) is 0 Å². The second-order valence-electron chi connectivity index (χ2n) is 4.50. The van der Waals surface area contributed by atoms with Crippen molar-refractivity contribution in [2.24, 2.45) is 0 Å². The summed E-state index contributed by atoms with van der Waals surface area (Å²) in [5, 5.41) is 3.47. The van der Waals surface area contributed by atoms with Gasteiger partial charge in [-0.3, -0.25) is 0 Å². The van der Waals surface area contributed by atoms with Gasteiger partial charge in [0.2, 0.25) is 0 Å². The maximum absolute atomic E-state index is 13.2. The summed E-state index contributed by atoms with van der Waals surface area (Å²) < 4.78 is 14.5. The molecule has 0 aromatic heterocycles. The van der Waals surface area contributed by atoms with Gasteiger partial charge in [-0.25, -0.2) is 4.39 Å². The van der Waals surface area contributed by atoms with Gasteiger partial charge in [-0.1, -0.05) is 31.2 Å². The van der Waals surface area contributed by atoms with Gasteiger partial charge in [-0.2, -0.15) is 0 Å². The highest BCUT2D eigenvalue weighted by molar-refractivity contribution is 14.1. The minimum absolute atomic E-state index is 0.171. The second-order valence-corrected chi connectivity index (χ2v) is 5.74. The average molecular weight is 369 g/mol. The molecule has 0 heterocycles. The summed E-state index contributed by atoms with van der Waals surface area (Å²) in [7, 11) is 0. The molecule has 1 N–H and O–H groups in total. The molecular formula is C16H17FIN. The number of nitrogens with one attached hydrogen (secondary N) is 1. The van der Waals surface area contributed by atoms with Crippen LogP contribution in [0.2, 0.25) is 0 Å². The minimum atomic E-state index is -0.171. The third kappa shape index (κ3) is 4.28. The summed E-state index contributed by atoms with van der Waals surface area (Å²) in [6.45, 7) is 2.98. The van der Waals surface area contributed by atoms with Crippen LogP contribution >= 0.6 is 22.6 Å². The number of hydrogen-bond acceptors (Lipinski definition) is 1. The highest BCUT2D eigenvalue weighted by Crippen LogP contribution is 2.20. The van der Waals surface area contributed by atoms with E-state index in [-0.39, 0.29) is 11.9 Å². The van der Waals surface area contributed by atoms with Crippen molar-refractivity contribution in [3.8, 4) is 0 Å². The highest BCUT2D eigenvalue weighted by Gasteiger charge is 2.11. The van der Waals surface area contributed by atoms with E-state index in [0.29, 0.717) is 0 Å². The Hall–Kier alpha value is -0.940. The van der Waals surface area contributed by atoms with Crippen molar-refractivity contribution in [3.63, 3.8) is 0 Å². The Morgan fingerprint density at radius 1 is 1.16 bits per heavy atom. The summed E-state index contributed by atoms with van der Waals surface area (Å²) in [4.78, 5) is 0. The molecule has 0 amide bonds. The SMILES string of the molecule is CCNC(Cc1cccc(F)c1)c1cccc(I)c1. The third-order valence-corrected chi connectivity index (χ3v) is 3.70. The first-order valence-electron chi connectivity index (χ1n) is 6.42. The fourth-order valence-corrected chi connectivity index (χ4v) is 2.74. The van der Waals surface area contributed by atoms with Crippen molar-refractivity contribution in [1.29, 1.82) is 0 Å². The lowest BCUT2D eigenvalue weighted by atomic mass is 9.99. The van der Waals surface area contributed by atoms with Gasteiger partial charge in [0.25, 0.3) is 0 Å². The van der Waals surface area contributed by atoms with Crippen LogP contribution < -0.4 is 5.32 Å². The van der Waals surface area contributed by atoms with Crippen molar-refractivity contribution in [2.45, 2.75) is 19.4 Å². The summed E-state index contributed by atoms with van der Waals surface area (Å²) in [5.74, 6) is -0.171. The zero-order valence-corrected chi connectivity index (χ0v) is 13.0. The number of hydrogen-bond donors (Lipinski definition) is 1. The first-order valence-corrected chi connectivity index (χ1v) is 7.50. The molecule has 19 heavy (non-hydrogen) atoms. The van der Waals surface area contributed by atoms with E-state index in [1.807, 2.05) is 6.07 Å². The first kappa shape index (κ1) is 14.5. The van der Waals surface area contributed by atoms with E-state index in [9.17, 15) is 4.39 Å². The number of halogens is 2. The monoisotopic (exact) mass is 369 g/mol. The van der Waals surface area contributed by atoms with Crippen LogP contribution in [0.3, 0.4) is 0 Å². The lowest BCUT2D eigenvalue weighted by Gasteiger charge is -2.19. The Labute approximate surface area is 127 Å². The van der Waals surface area contributed by atoms with Crippen molar-refractivity contribution < 1.29 is 4.39 Å². The van der Waals surface area contributed by atoms with Gasteiger partial charge in [0, 0.05) is 9.61 Å². The lowest BCUT2D eigenvalue weighted by molar-refractivity contribution is 0.546. The molecule has 0 bridgehead atoms. The number of likely N-dealkylation sites (N-methyl/N-ethyl adjacent to an activating group) is 1. The highest BCUT2D eigenvalue weighted by atomic mass is 127. The standard InChI is InChI=1S/C16H17FIN/c1-2-19-16(13-6-4-8-15(18)11-13)10-12-5-3-7-14(17)9-12/h3-9,11,16,19H,2,10H2,1H3. The molecular weight excluding hydrogens is 352 g/mol. The van der Waals surface area contributed by atoms with Crippen LogP contribution in [0.25, 0.3) is 0 Å². The quantitative estimate of drug-likeness (QED) is 0.774. The predicted molar refractivity (Wildman–Crippen MR) is 85.7 cm³/mol. The first-order chi connectivity index (χ1) is 9.19. The van der Waals surface area contributed by atoms with E-state index >= 15 is 0 Å². The Bertz CT molecular complexity index is 542. The molecule has 1 atom stereocenters. The summed E-state index contributed by atoms with van der Waals surface area (Å²) in [6, 6.07) is 15.5. The van der Waals surface area contributed by atoms with Gasteiger partial charge in [0.05, 0.1) is 0 Å². The Kier molecular flexibility index (Phi) is 5.34. The lowest BCUT2D eigenvalue weighted by Crippen LogP contribution is -2.23. The molecule has 3 heteroatoms. The van der Waals surface area contributed by atoms with Crippen molar-refractivity contribution in [2.75, 3.05) is 6.54 Å². The summed E-state index contributed by atoms with van der Waals surface area (Å²) >= 11 is 2.32. The van der Waals surface area contributed by atoms with E-state index in [1.165, 1.54) is 15.2 Å². The molecule has 1 unspecified atom stereocenters. The van der Waals surface area contributed by atoms with Crippen LogP contribution in [0.15, 0.2) is 48.5 Å². The Morgan fingerprint density at radius 2 is 1.95 bits per heavy atom. The topological polar surface area (TPSA) is 12.0 Å². The van der Waals surface area contributed by atoms with Gasteiger partial charge in [-0.05, 0) is 70.9 Å². The van der Waals surface area contributed by atoms with Crippen LogP contribution in [0, 0.1) is 9.39 Å². The van der Waals surface area contributed by atoms with Crippen LogP contribution in [-0.4, -0.2) is 6.54 Å². The van der Waals surface area contributed by atoms with Gasteiger partial charge in [0.1, 0.15) is 5.82 Å². The van der Waals surface area contributed by atoms with E-state index in [1.54, 1.807) is 12.1 Å². The molecule has 100 valence electrons.